The fourth-order valence-electron chi connectivity index (χ4n) is 2.44. The van der Waals surface area contributed by atoms with Gasteiger partial charge in [0, 0.05) is 13.0 Å². The lowest BCUT2D eigenvalue weighted by Crippen LogP contribution is -2.47. The number of aromatic nitrogens is 1. The fraction of sp³-hybridized carbons (Fsp3) is 0.588. The van der Waals surface area contributed by atoms with Crippen LogP contribution in [0.5, 0.6) is 0 Å². The molecule has 138 valence electrons. The van der Waals surface area contributed by atoms with E-state index in [1.165, 1.54) is 12.1 Å². The minimum Gasteiger partial charge on any atom is -0.444 e. The molecule has 2 rings (SSSR count). The van der Waals surface area contributed by atoms with Crippen LogP contribution < -0.4 is 10.6 Å². The van der Waals surface area contributed by atoms with Gasteiger partial charge >= 0.3 is 6.09 Å². The summed E-state index contributed by atoms with van der Waals surface area (Å²) in [5.74, 6) is -0.754. The van der Waals surface area contributed by atoms with Crippen molar-refractivity contribution >= 4 is 17.8 Å². The Balaban J connectivity index is 2.02. The molecular formula is C17H24FN3O4. The lowest BCUT2D eigenvalue weighted by Gasteiger charge is -2.24. The third-order valence-corrected chi connectivity index (χ3v) is 3.51. The Hall–Kier alpha value is -2.22. The number of nitrogens with one attached hydrogen (secondary N) is 2. The van der Waals surface area contributed by atoms with Gasteiger partial charge in [-0.2, -0.15) is 0 Å². The number of nitrogens with zero attached hydrogens (tertiary/aromatic N) is 1. The molecule has 2 atom stereocenters. The highest BCUT2D eigenvalue weighted by Crippen LogP contribution is 2.18. The number of hydrogen-bond acceptors (Lipinski definition) is 5. The smallest absolute Gasteiger partial charge is 0.408 e. The molecule has 2 N–H and O–H groups in total. The van der Waals surface area contributed by atoms with E-state index < -0.39 is 29.5 Å². The van der Waals surface area contributed by atoms with Crippen LogP contribution in [-0.4, -0.2) is 41.3 Å². The Labute approximate surface area is 146 Å². The molecular weight excluding hydrogens is 329 g/mol. The van der Waals surface area contributed by atoms with E-state index in [9.17, 15) is 14.0 Å². The fourth-order valence-corrected chi connectivity index (χ4v) is 2.44. The zero-order valence-corrected chi connectivity index (χ0v) is 14.7. The maximum Gasteiger partial charge on any atom is 0.408 e. The molecule has 0 aromatic carbocycles. The summed E-state index contributed by atoms with van der Waals surface area (Å²) in [6.45, 7) is 5.86. The maximum absolute atomic E-state index is 12.9. The van der Waals surface area contributed by atoms with Gasteiger partial charge in [-0.15, -0.1) is 0 Å². The van der Waals surface area contributed by atoms with Gasteiger partial charge in [0.1, 0.15) is 23.3 Å². The predicted octanol–water partition coefficient (Wildman–Crippen LogP) is 2.62. The molecule has 0 radical (unpaired) electrons. The molecule has 1 aromatic heterocycles. The molecule has 0 aliphatic carbocycles. The molecule has 1 saturated heterocycles. The Morgan fingerprint density at radius 3 is 2.76 bits per heavy atom. The molecule has 1 unspecified atom stereocenters. The van der Waals surface area contributed by atoms with Crippen LogP contribution in [0.25, 0.3) is 0 Å². The second-order valence-corrected chi connectivity index (χ2v) is 6.92. The van der Waals surface area contributed by atoms with Gasteiger partial charge in [-0.25, -0.2) is 14.2 Å². The average molecular weight is 353 g/mol. The van der Waals surface area contributed by atoms with E-state index in [0.717, 1.165) is 19.0 Å². The SMILES string of the molecule is CC(C)(C)OC(=O)N[C@@H](CC1CCCO1)C(=O)Nc1ccc(F)cn1. The lowest BCUT2D eigenvalue weighted by atomic mass is 10.1. The second-order valence-electron chi connectivity index (χ2n) is 6.92. The van der Waals surface area contributed by atoms with Gasteiger partial charge < -0.3 is 20.1 Å². The van der Waals surface area contributed by atoms with Gasteiger partial charge in [0.15, 0.2) is 0 Å². The molecule has 0 saturated carbocycles. The monoisotopic (exact) mass is 353 g/mol. The first-order chi connectivity index (χ1) is 11.7. The van der Waals surface area contributed by atoms with Crippen molar-refractivity contribution in [1.82, 2.24) is 10.3 Å². The summed E-state index contributed by atoms with van der Waals surface area (Å²) in [6.07, 6.45) is 2.29. The standard InChI is InChI=1S/C17H24FN3O4/c1-17(2,3)25-16(23)20-13(9-12-5-4-8-24-12)15(22)21-14-7-6-11(18)10-19-14/h6-7,10,12-13H,4-5,8-9H2,1-3H3,(H,20,23)(H,19,21,22)/t12?,13-/m0/s1. The molecule has 1 aliphatic heterocycles. The third kappa shape index (κ3) is 6.66. The molecule has 1 aliphatic rings. The zero-order valence-electron chi connectivity index (χ0n) is 14.7. The van der Waals surface area contributed by atoms with Crippen molar-refractivity contribution in [3.05, 3.63) is 24.1 Å². The van der Waals surface area contributed by atoms with Crippen molar-refractivity contribution in [3.8, 4) is 0 Å². The number of halogens is 1. The van der Waals surface area contributed by atoms with Crippen LogP contribution in [0.3, 0.4) is 0 Å². The van der Waals surface area contributed by atoms with E-state index in [2.05, 4.69) is 15.6 Å². The highest BCUT2D eigenvalue weighted by molar-refractivity contribution is 5.95. The third-order valence-electron chi connectivity index (χ3n) is 3.51. The number of carbonyl (C=O) groups excluding carboxylic acids is 2. The van der Waals surface area contributed by atoms with Crippen molar-refractivity contribution in [2.24, 2.45) is 0 Å². The Bertz CT molecular complexity index is 595. The molecule has 0 bridgehead atoms. The van der Waals surface area contributed by atoms with Gasteiger partial charge in [0.2, 0.25) is 5.91 Å². The maximum atomic E-state index is 12.9. The van der Waals surface area contributed by atoms with Gasteiger partial charge in [-0.1, -0.05) is 0 Å². The van der Waals surface area contributed by atoms with E-state index in [-0.39, 0.29) is 11.9 Å². The average Bonchev–Trinajstić information content (AvgIpc) is 3.00. The summed E-state index contributed by atoms with van der Waals surface area (Å²) in [6, 6.07) is 1.70. The molecule has 25 heavy (non-hydrogen) atoms. The first kappa shape index (κ1) is 19.1. The van der Waals surface area contributed by atoms with Crippen LogP contribution in [0.1, 0.15) is 40.0 Å². The molecule has 2 amide bonds. The van der Waals surface area contributed by atoms with E-state index in [0.29, 0.717) is 13.0 Å². The quantitative estimate of drug-likeness (QED) is 0.849. The first-order valence-corrected chi connectivity index (χ1v) is 8.26. The first-order valence-electron chi connectivity index (χ1n) is 8.26. The van der Waals surface area contributed by atoms with Gasteiger partial charge in [-0.05, 0) is 45.7 Å². The normalized spacial score (nSPS) is 18.5. The van der Waals surface area contributed by atoms with Crippen LogP contribution in [0.15, 0.2) is 18.3 Å². The molecule has 7 nitrogen and oxygen atoms in total. The molecule has 8 heteroatoms. The Morgan fingerprint density at radius 2 is 2.20 bits per heavy atom. The van der Waals surface area contributed by atoms with Crippen LogP contribution in [0, 0.1) is 5.82 Å². The van der Waals surface area contributed by atoms with Gasteiger partial charge in [-0.3, -0.25) is 4.79 Å². The minimum absolute atomic E-state index is 0.105. The Morgan fingerprint density at radius 1 is 1.44 bits per heavy atom. The number of hydrogen-bond donors (Lipinski definition) is 2. The van der Waals surface area contributed by atoms with E-state index in [1.807, 2.05) is 0 Å². The zero-order chi connectivity index (χ0) is 18.4. The number of ether oxygens (including phenoxy) is 2. The topological polar surface area (TPSA) is 89.5 Å². The van der Waals surface area contributed by atoms with E-state index >= 15 is 0 Å². The molecule has 2 heterocycles. The van der Waals surface area contributed by atoms with Gasteiger partial charge in [0.05, 0.1) is 12.3 Å². The summed E-state index contributed by atoms with van der Waals surface area (Å²) in [4.78, 5) is 28.3. The minimum atomic E-state index is -0.843. The largest absolute Gasteiger partial charge is 0.444 e. The second kappa shape index (κ2) is 8.24. The number of rotatable bonds is 5. The summed E-state index contributed by atoms with van der Waals surface area (Å²) < 4.78 is 23.7. The summed E-state index contributed by atoms with van der Waals surface area (Å²) in [5, 5.41) is 5.15. The van der Waals surface area contributed by atoms with Crippen molar-refractivity contribution in [2.75, 3.05) is 11.9 Å². The summed E-state index contributed by atoms with van der Waals surface area (Å²) in [7, 11) is 0. The van der Waals surface area contributed by atoms with Crippen LogP contribution >= 0.6 is 0 Å². The number of alkyl carbamates (subject to hydrolysis) is 1. The number of pyridine rings is 1. The number of carbonyl (C=O) groups is 2. The van der Waals surface area contributed by atoms with E-state index in [4.69, 9.17) is 9.47 Å². The van der Waals surface area contributed by atoms with Crippen LogP contribution in [0.2, 0.25) is 0 Å². The van der Waals surface area contributed by atoms with Gasteiger partial charge in [0.25, 0.3) is 0 Å². The highest BCUT2D eigenvalue weighted by atomic mass is 19.1. The number of amides is 2. The summed E-state index contributed by atoms with van der Waals surface area (Å²) >= 11 is 0. The number of anilines is 1. The molecule has 1 fully saturated rings. The van der Waals surface area contributed by atoms with Crippen molar-refractivity contribution in [3.63, 3.8) is 0 Å². The highest BCUT2D eigenvalue weighted by Gasteiger charge is 2.29. The van der Waals surface area contributed by atoms with Crippen molar-refractivity contribution in [1.29, 1.82) is 0 Å². The summed E-state index contributed by atoms with van der Waals surface area (Å²) in [5.41, 5.74) is -0.673. The van der Waals surface area contributed by atoms with Crippen molar-refractivity contribution < 1.29 is 23.5 Å². The van der Waals surface area contributed by atoms with Crippen molar-refractivity contribution in [2.45, 2.75) is 57.8 Å². The molecule has 1 aromatic rings. The van der Waals surface area contributed by atoms with Crippen LogP contribution in [0.4, 0.5) is 15.0 Å². The molecule has 0 spiro atoms. The lowest BCUT2D eigenvalue weighted by molar-refractivity contribution is -0.119. The predicted molar refractivity (Wildman–Crippen MR) is 89.6 cm³/mol. The van der Waals surface area contributed by atoms with E-state index in [1.54, 1.807) is 20.8 Å². The Kier molecular flexibility index (Phi) is 6.30. The van der Waals surface area contributed by atoms with Crippen LogP contribution in [-0.2, 0) is 14.3 Å².